The largest absolute Gasteiger partial charge is 0.481 e. The van der Waals surface area contributed by atoms with Crippen LogP contribution in [0.25, 0.3) is 10.2 Å². The minimum atomic E-state index is -0.922. The maximum Gasteiger partial charge on any atom is 0.313 e. The van der Waals surface area contributed by atoms with Gasteiger partial charge in [0.25, 0.3) is 5.56 Å². The quantitative estimate of drug-likeness (QED) is 0.510. The number of nitrogens with zero attached hydrogens (tertiary/aromatic N) is 2. The number of carboxylic acid groups (broad SMARTS) is 1. The molecule has 122 valence electrons. The van der Waals surface area contributed by atoms with E-state index in [-0.39, 0.29) is 11.3 Å². The summed E-state index contributed by atoms with van der Waals surface area (Å²) in [5, 5.41) is 10.1. The van der Waals surface area contributed by atoms with Crippen molar-refractivity contribution in [3.8, 4) is 0 Å². The number of aryl methyl sites for hydroxylation is 1. The van der Waals surface area contributed by atoms with Crippen LogP contribution in [0.1, 0.15) is 23.8 Å². The molecule has 0 unspecified atom stereocenters. The van der Waals surface area contributed by atoms with Gasteiger partial charge in [-0.2, -0.15) is 0 Å². The second kappa shape index (κ2) is 6.49. The summed E-state index contributed by atoms with van der Waals surface area (Å²) in [6.45, 7) is 6.23. The normalized spacial score (nSPS) is 17.2. The van der Waals surface area contributed by atoms with Crippen LogP contribution >= 0.6 is 23.1 Å². The lowest BCUT2D eigenvalue weighted by atomic mass is 9.89. The average Bonchev–Trinajstić information content (AvgIpc) is 2.86. The number of hydrogen-bond acceptors (Lipinski definition) is 5. The summed E-state index contributed by atoms with van der Waals surface area (Å²) >= 11 is 2.66. The number of thioether (sulfide) groups is 1. The van der Waals surface area contributed by atoms with Crippen molar-refractivity contribution in [3.05, 3.63) is 33.4 Å². The van der Waals surface area contributed by atoms with Gasteiger partial charge in [-0.1, -0.05) is 24.8 Å². The van der Waals surface area contributed by atoms with Crippen molar-refractivity contribution in [2.75, 3.05) is 5.75 Å². The van der Waals surface area contributed by atoms with E-state index in [9.17, 15) is 9.59 Å². The Hall–Kier alpha value is -1.60. The molecule has 5 nitrogen and oxygen atoms in total. The highest BCUT2D eigenvalue weighted by atomic mass is 32.2. The minimum Gasteiger partial charge on any atom is -0.481 e. The molecule has 0 aliphatic heterocycles. The lowest BCUT2D eigenvalue weighted by Gasteiger charge is -2.18. The summed E-state index contributed by atoms with van der Waals surface area (Å²) < 4.78 is 1.54. The van der Waals surface area contributed by atoms with Gasteiger partial charge in [0.05, 0.1) is 11.1 Å². The molecule has 23 heavy (non-hydrogen) atoms. The molecule has 0 fully saturated rings. The van der Waals surface area contributed by atoms with E-state index in [0.717, 1.165) is 46.8 Å². The highest BCUT2D eigenvalue weighted by molar-refractivity contribution is 7.99. The Bertz CT molecular complexity index is 838. The molecule has 0 bridgehead atoms. The van der Waals surface area contributed by atoms with Crippen molar-refractivity contribution in [1.82, 2.24) is 9.55 Å². The van der Waals surface area contributed by atoms with Crippen molar-refractivity contribution in [1.29, 1.82) is 0 Å². The SMILES string of the molecule is C=CCn1c(SCC(=O)O)nc2sc3c(c2c1=O)C[C@@H](C)CC3. The first-order chi connectivity index (χ1) is 11.0. The van der Waals surface area contributed by atoms with Gasteiger partial charge in [-0.25, -0.2) is 4.98 Å². The smallest absolute Gasteiger partial charge is 0.313 e. The van der Waals surface area contributed by atoms with Gasteiger partial charge in [0.1, 0.15) is 4.83 Å². The van der Waals surface area contributed by atoms with Crippen LogP contribution in [0.3, 0.4) is 0 Å². The van der Waals surface area contributed by atoms with Crippen LogP contribution in [0.4, 0.5) is 0 Å². The standard InChI is InChI=1S/C16H18N2O3S2/c1-3-6-18-15(21)13-10-7-9(2)4-5-11(10)23-14(13)17-16(18)22-8-12(19)20/h3,9H,1,4-8H2,2H3,(H,19,20)/t9-/m0/s1. The molecule has 1 aliphatic carbocycles. The minimum absolute atomic E-state index is 0.0746. The molecule has 7 heteroatoms. The first-order valence-electron chi connectivity index (χ1n) is 7.51. The molecule has 2 aromatic heterocycles. The second-order valence-corrected chi connectivity index (χ2v) is 7.84. The van der Waals surface area contributed by atoms with Crippen LogP contribution in [-0.2, 0) is 24.2 Å². The first-order valence-corrected chi connectivity index (χ1v) is 9.32. The van der Waals surface area contributed by atoms with Crippen LogP contribution < -0.4 is 5.56 Å². The fourth-order valence-electron chi connectivity index (χ4n) is 2.94. The number of thiophene rings is 1. The van der Waals surface area contributed by atoms with E-state index in [0.29, 0.717) is 17.6 Å². The Balaban J connectivity index is 2.18. The van der Waals surface area contributed by atoms with Gasteiger partial charge in [0.2, 0.25) is 0 Å². The molecule has 1 aliphatic rings. The Kier molecular flexibility index (Phi) is 4.59. The molecule has 3 rings (SSSR count). The highest BCUT2D eigenvalue weighted by Gasteiger charge is 2.24. The number of allylic oxidation sites excluding steroid dienone is 1. The van der Waals surface area contributed by atoms with E-state index in [1.807, 2.05) is 0 Å². The van der Waals surface area contributed by atoms with Gasteiger partial charge in [-0.15, -0.1) is 17.9 Å². The van der Waals surface area contributed by atoms with Crippen LogP contribution in [0.5, 0.6) is 0 Å². The molecule has 1 N–H and O–H groups in total. The van der Waals surface area contributed by atoms with Gasteiger partial charge in [-0.05, 0) is 30.7 Å². The van der Waals surface area contributed by atoms with Crippen molar-refractivity contribution in [3.63, 3.8) is 0 Å². The van der Waals surface area contributed by atoms with Crippen LogP contribution in [0.15, 0.2) is 22.6 Å². The van der Waals surface area contributed by atoms with E-state index in [4.69, 9.17) is 5.11 Å². The molecule has 2 aromatic rings. The van der Waals surface area contributed by atoms with Gasteiger partial charge >= 0.3 is 5.97 Å². The van der Waals surface area contributed by atoms with E-state index in [2.05, 4.69) is 18.5 Å². The zero-order valence-corrected chi connectivity index (χ0v) is 14.5. The zero-order valence-electron chi connectivity index (χ0n) is 12.9. The fourth-order valence-corrected chi connectivity index (χ4v) is 4.92. The van der Waals surface area contributed by atoms with Crippen molar-refractivity contribution in [2.45, 2.75) is 37.9 Å². The number of carboxylic acids is 1. The van der Waals surface area contributed by atoms with Gasteiger partial charge in [-0.3, -0.25) is 14.2 Å². The molecule has 0 saturated heterocycles. The third-order valence-electron chi connectivity index (χ3n) is 4.01. The summed E-state index contributed by atoms with van der Waals surface area (Å²) in [4.78, 5) is 30.4. The van der Waals surface area contributed by atoms with Crippen LogP contribution in [0.2, 0.25) is 0 Å². The summed E-state index contributed by atoms with van der Waals surface area (Å²) in [7, 11) is 0. The van der Waals surface area contributed by atoms with Crippen LogP contribution in [0, 0.1) is 5.92 Å². The molecule has 0 amide bonds. The van der Waals surface area contributed by atoms with E-state index in [1.54, 1.807) is 17.4 Å². The number of fused-ring (bicyclic) bond motifs is 3. The maximum atomic E-state index is 12.9. The average molecular weight is 350 g/mol. The molecular formula is C16H18N2O3S2. The van der Waals surface area contributed by atoms with Crippen molar-refractivity contribution >= 4 is 39.3 Å². The topological polar surface area (TPSA) is 72.2 Å². The monoisotopic (exact) mass is 350 g/mol. The third kappa shape index (κ3) is 3.07. The molecule has 0 aromatic carbocycles. The summed E-state index contributed by atoms with van der Waals surface area (Å²) in [6.07, 6.45) is 4.69. The predicted octanol–water partition coefficient (Wildman–Crippen LogP) is 2.95. The number of carbonyl (C=O) groups is 1. The lowest BCUT2D eigenvalue weighted by Crippen LogP contribution is -2.24. The van der Waals surface area contributed by atoms with Crippen LogP contribution in [-0.4, -0.2) is 26.4 Å². The van der Waals surface area contributed by atoms with Crippen molar-refractivity contribution in [2.24, 2.45) is 5.92 Å². The Morgan fingerprint density at radius 2 is 2.39 bits per heavy atom. The predicted molar refractivity (Wildman–Crippen MR) is 93.6 cm³/mol. The van der Waals surface area contributed by atoms with E-state index in [1.165, 1.54) is 9.44 Å². The summed E-state index contributed by atoms with van der Waals surface area (Å²) in [6, 6.07) is 0. The Labute approximate surface area is 142 Å². The molecule has 0 radical (unpaired) electrons. The molecule has 1 atom stereocenters. The zero-order chi connectivity index (χ0) is 16.6. The molecular weight excluding hydrogens is 332 g/mol. The number of hydrogen-bond donors (Lipinski definition) is 1. The van der Waals surface area contributed by atoms with Gasteiger partial charge < -0.3 is 5.11 Å². The second-order valence-electron chi connectivity index (χ2n) is 5.81. The summed E-state index contributed by atoms with van der Waals surface area (Å²) in [5.41, 5.74) is 1.07. The number of rotatable bonds is 5. The fraction of sp³-hybridized carbons (Fsp3) is 0.438. The highest BCUT2D eigenvalue weighted by Crippen LogP contribution is 2.36. The first kappa shape index (κ1) is 16.3. The Morgan fingerprint density at radius 3 is 3.09 bits per heavy atom. The molecule has 0 saturated carbocycles. The van der Waals surface area contributed by atoms with E-state index >= 15 is 0 Å². The van der Waals surface area contributed by atoms with Gasteiger partial charge in [0, 0.05) is 11.4 Å². The number of aliphatic carboxylic acids is 1. The van der Waals surface area contributed by atoms with Crippen molar-refractivity contribution < 1.29 is 9.90 Å². The molecule has 2 heterocycles. The summed E-state index contributed by atoms with van der Waals surface area (Å²) in [5.74, 6) is -0.459. The maximum absolute atomic E-state index is 12.9. The number of aromatic nitrogens is 2. The van der Waals surface area contributed by atoms with E-state index < -0.39 is 5.97 Å². The van der Waals surface area contributed by atoms with Gasteiger partial charge in [0.15, 0.2) is 5.16 Å². The Morgan fingerprint density at radius 1 is 1.61 bits per heavy atom. The molecule has 0 spiro atoms. The lowest BCUT2D eigenvalue weighted by molar-refractivity contribution is -0.133. The third-order valence-corrected chi connectivity index (χ3v) is 6.16.